The lowest BCUT2D eigenvalue weighted by molar-refractivity contribution is 0.231. The normalized spacial score (nSPS) is 17.7. The molecule has 0 radical (unpaired) electrons. The van der Waals surface area contributed by atoms with Gasteiger partial charge in [-0.3, -0.25) is 4.90 Å². The molecule has 1 aliphatic rings. The maximum atomic E-state index is 4.67. The molecule has 0 amide bonds. The number of fused-ring (bicyclic) bond motifs is 1. The van der Waals surface area contributed by atoms with E-state index >= 15 is 0 Å². The predicted octanol–water partition coefficient (Wildman–Crippen LogP) is 1.05. The predicted molar refractivity (Wildman–Crippen MR) is 68.1 cm³/mol. The molecule has 4 heteroatoms. The van der Waals surface area contributed by atoms with Gasteiger partial charge in [-0.1, -0.05) is 0 Å². The molecule has 1 fully saturated rings. The van der Waals surface area contributed by atoms with Crippen LogP contribution in [0.1, 0.15) is 11.3 Å². The molecule has 3 rings (SSSR count). The fourth-order valence-electron chi connectivity index (χ4n) is 2.31. The van der Waals surface area contributed by atoms with Crippen LogP contribution >= 0.6 is 0 Å². The lowest BCUT2D eigenvalue weighted by Gasteiger charge is -2.26. The molecule has 4 nitrogen and oxygen atoms in total. The van der Waals surface area contributed by atoms with E-state index < -0.39 is 0 Å². The number of rotatable bonds is 2. The molecule has 1 aliphatic heterocycles. The molecule has 1 N–H and O–H groups in total. The third-order valence-electron chi connectivity index (χ3n) is 3.26. The maximum Gasteiger partial charge on any atom is 0.137 e. The Labute approximate surface area is 101 Å². The van der Waals surface area contributed by atoms with Crippen molar-refractivity contribution in [2.24, 2.45) is 0 Å². The Morgan fingerprint density at radius 1 is 1.35 bits per heavy atom. The number of piperazine rings is 1. The molecular formula is C13H18N4. The first-order chi connectivity index (χ1) is 8.31. The molecule has 1 saturated heterocycles. The molecule has 90 valence electrons. The number of imidazole rings is 1. The quantitative estimate of drug-likeness (QED) is 0.837. The molecule has 0 atom stereocenters. The number of nitrogens with one attached hydrogen (secondary N) is 1. The van der Waals surface area contributed by atoms with Crippen molar-refractivity contribution in [3.63, 3.8) is 0 Å². The van der Waals surface area contributed by atoms with Crippen LogP contribution in [0.15, 0.2) is 24.5 Å². The number of hydrogen-bond donors (Lipinski definition) is 1. The average molecular weight is 230 g/mol. The minimum atomic E-state index is 0.961. The highest BCUT2D eigenvalue weighted by Crippen LogP contribution is 2.09. The van der Waals surface area contributed by atoms with E-state index in [0.29, 0.717) is 0 Å². The minimum absolute atomic E-state index is 0.961. The van der Waals surface area contributed by atoms with Gasteiger partial charge in [0.15, 0.2) is 0 Å². The molecule has 0 aliphatic carbocycles. The van der Waals surface area contributed by atoms with Crippen LogP contribution in [-0.4, -0.2) is 40.5 Å². The average Bonchev–Trinajstić information content (AvgIpc) is 2.71. The monoisotopic (exact) mass is 230 g/mol. The van der Waals surface area contributed by atoms with Gasteiger partial charge in [0.05, 0.1) is 5.69 Å². The first kappa shape index (κ1) is 10.7. The third kappa shape index (κ3) is 2.33. The van der Waals surface area contributed by atoms with Crippen molar-refractivity contribution < 1.29 is 0 Å². The van der Waals surface area contributed by atoms with Crippen molar-refractivity contribution in [2.75, 3.05) is 26.2 Å². The maximum absolute atomic E-state index is 4.67. The molecule has 0 spiro atoms. The summed E-state index contributed by atoms with van der Waals surface area (Å²) in [5.41, 5.74) is 3.48. The van der Waals surface area contributed by atoms with Crippen molar-refractivity contribution in [2.45, 2.75) is 13.5 Å². The van der Waals surface area contributed by atoms with E-state index in [1.807, 2.05) is 0 Å². The summed E-state index contributed by atoms with van der Waals surface area (Å²) < 4.78 is 2.10. The second-order valence-electron chi connectivity index (χ2n) is 4.73. The Morgan fingerprint density at radius 2 is 2.18 bits per heavy atom. The summed E-state index contributed by atoms with van der Waals surface area (Å²) in [6.45, 7) is 7.48. The summed E-state index contributed by atoms with van der Waals surface area (Å²) >= 11 is 0. The third-order valence-corrected chi connectivity index (χ3v) is 3.26. The summed E-state index contributed by atoms with van der Waals surface area (Å²) in [6.07, 6.45) is 4.22. The molecule has 17 heavy (non-hydrogen) atoms. The zero-order chi connectivity index (χ0) is 11.7. The molecule has 0 aromatic carbocycles. The fraction of sp³-hybridized carbons (Fsp3) is 0.462. The van der Waals surface area contributed by atoms with Gasteiger partial charge in [-0.15, -0.1) is 0 Å². The van der Waals surface area contributed by atoms with Gasteiger partial charge in [0.25, 0.3) is 0 Å². The van der Waals surface area contributed by atoms with Crippen molar-refractivity contribution >= 4 is 5.65 Å². The highest BCUT2D eigenvalue weighted by molar-refractivity contribution is 5.42. The zero-order valence-corrected chi connectivity index (χ0v) is 10.2. The van der Waals surface area contributed by atoms with Crippen LogP contribution < -0.4 is 5.32 Å². The highest BCUT2D eigenvalue weighted by Gasteiger charge is 2.11. The van der Waals surface area contributed by atoms with Crippen molar-refractivity contribution in [3.05, 3.63) is 35.8 Å². The molecule has 0 unspecified atom stereocenters. The SMILES string of the molecule is Cc1ccn2cc(CN3CCNCC3)nc2c1. The van der Waals surface area contributed by atoms with Gasteiger partial charge in [-0.25, -0.2) is 4.98 Å². The van der Waals surface area contributed by atoms with E-state index in [9.17, 15) is 0 Å². The van der Waals surface area contributed by atoms with Gasteiger partial charge < -0.3 is 9.72 Å². The lowest BCUT2D eigenvalue weighted by atomic mass is 10.3. The molecular weight excluding hydrogens is 212 g/mol. The smallest absolute Gasteiger partial charge is 0.137 e. The number of pyridine rings is 1. The van der Waals surface area contributed by atoms with Crippen molar-refractivity contribution in [1.82, 2.24) is 19.6 Å². The van der Waals surface area contributed by atoms with Crippen LogP contribution in [0.2, 0.25) is 0 Å². The minimum Gasteiger partial charge on any atom is -0.314 e. The summed E-state index contributed by atoms with van der Waals surface area (Å²) in [5.74, 6) is 0. The van der Waals surface area contributed by atoms with Crippen LogP contribution in [0.5, 0.6) is 0 Å². The van der Waals surface area contributed by atoms with Gasteiger partial charge >= 0.3 is 0 Å². The second kappa shape index (κ2) is 4.47. The molecule has 0 saturated carbocycles. The summed E-state index contributed by atoms with van der Waals surface area (Å²) in [4.78, 5) is 7.12. The van der Waals surface area contributed by atoms with Gasteiger partial charge in [0.1, 0.15) is 5.65 Å². The van der Waals surface area contributed by atoms with Crippen LogP contribution in [-0.2, 0) is 6.54 Å². The summed E-state index contributed by atoms with van der Waals surface area (Å²) in [7, 11) is 0. The number of aromatic nitrogens is 2. The van der Waals surface area contributed by atoms with E-state index in [2.05, 4.69) is 51.1 Å². The molecule has 2 aromatic heterocycles. The highest BCUT2D eigenvalue weighted by atomic mass is 15.2. The van der Waals surface area contributed by atoms with Crippen LogP contribution in [0.4, 0.5) is 0 Å². The number of hydrogen-bond acceptors (Lipinski definition) is 3. The van der Waals surface area contributed by atoms with E-state index in [1.54, 1.807) is 0 Å². The van der Waals surface area contributed by atoms with Crippen molar-refractivity contribution in [1.29, 1.82) is 0 Å². The summed E-state index contributed by atoms with van der Waals surface area (Å²) in [6, 6.07) is 4.24. The lowest BCUT2D eigenvalue weighted by Crippen LogP contribution is -2.42. The van der Waals surface area contributed by atoms with Crippen LogP contribution in [0.3, 0.4) is 0 Å². The van der Waals surface area contributed by atoms with E-state index in [1.165, 1.54) is 5.56 Å². The van der Waals surface area contributed by atoms with E-state index in [0.717, 1.165) is 44.1 Å². The number of aryl methyl sites for hydroxylation is 1. The fourth-order valence-corrected chi connectivity index (χ4v) is 2.31. The van der Waals surface area contributed by atoms with Gasteiger partial charge in [-0.2, -0.15) is 0 Å². The first-order valence-corrected chi connectivity index (χ1v) is 6.18. The van der Waals surface area contributed by atoms with Crippen LogP contribution in [0, 0.1) is 6.92 Å². The van der Waals surface area contributed by atoms with Gasteiger partial charge in [0.2, 0.25) is 0 Å². The second-order valence-corrected chi connectivity index (χ2v) is 4.73. The topological polar surface area (TPSA) is 32.6 Å². The van der Waals surface area contributed by atoms with Crippen LogP contribution in [0.25, 0.3) is 5.65 Å². The standard InChI is InChI=1S/C13H18N4/c1-11-2-5-17-10-12(15-13(17)8-11)9-16-6-3-14-4-7-16/h2,5,8,10,14H,3-4,6-7,9H2,1H3. The Balaban J connectivity index is 1.80. The Kier molecular flexibility index (Phi) is 2.82. The van der Waals surface area contributed by atoms with E-state index in [4.69, 9.17) is 0 Å². The summed E-state index contributed by atoms with van der Waals surface area (Å²) in [5, 5.41) is 3.37. The molecule has 0 bridgehead atoms. The van der Waals surface area contributed by atoms with Gasteiger partial charge in [0, 0.05) is 45.1 Å². The van der Waals surface area contributed by atoms with Crippen molar-refractivity contribution in [3.8, 4) is 0 Å². The van der Waals surface area contributed by atoms with Gasteiger partial charge in [-0.05, 0) is 24.6 Å². The zero-order valence-electron chi connectivity index (χ0n) is 10.2. The largest absolute Gasteiger partial charge is 0.314 e. The number of nitrogens with zero attached hydrogens (tertiary/aromatic N) is 3. The Bertz CT molecular complexity index is 511. The first-order valence-electron chi connectivity index (χ1n) is 6.18. The molecule has 3 heterocycles. The Hall–Kier alpha value is -1.39. The molecule has 2 aromatic rings. The van der Waals surface area contributed by atoms with E-state index in [-0.39, 0.29) is 0 Å². The Morgan fingerprint density at radius 3 is 3.00 bits per heavy atom.